The third kappa shape index (κ3) is 8.85. The molecule has 2 rings (SSSR count). The van der Waals surface area contributed by atoms with Crippen LogP contribution < -0.4 is 9.62 Å². The first-order valence-electron chi connectivity index (χ1n) is 11.7. The molecule has 2 aromatic carbocycles. The first-order valence-corrected chi connectivity index (χ1v) is 14.0. The van der Waals surface area contributed by atoms with Gasteiger partial charge in [-0.3, -0.25) is 13.9 Å². The average Bonchev–Trinajstić information content (AvgIpc) is 2.78. The zero-order valence-electron chi connectivity index (χ0n) is 21.1. The SMILES string of the molecule is Cc1ccccc1N(CCCC(=O)N(Cc1cccc(Cl)c1)[C@@H](C)C(=O)NCC(C)C)S(C)(=O)=O. The monoisotopic (exact) mass is 521 g/mol. The smallest absolute Gasteiger partial charge is 0.242 e. The second-order valence-electron chi connectivity index (χ2n) is 9.19. The van der Waals surface area contributed by atoms with E-state index in [4.69, 9.17) is 11.6 Å². The molecule has 0 unspecified atom stereocenters. The summed E-state index contributed by atoms with van der Waals surface area (Å²) in [6.45, 7) is 8.46. The molecule has 0 bridgehead atoms. The van der Waals surface area contributed by atoms with Gasteiger partial charge in [0, 0.05) is 31.1 Å². The van der Waals surface area contributed by atoms with E-state index >= 15 is 0 Å². The fourth-order valence-electron chi connectivity index (χ4n) is 3.69. The van der Waals surface area contributed by atoms with Gasteiger partial charge in [-0.2, -0.15) is 0 Å². The Morgan fingerprint density at radius 3 is 2.34 bits per heavy atom. The van der Waals surface area contributed by atoms with Crippen molar-refractivity contribution >= 4 is 39.1 Å². The summed E-state index contributed by atoms with van der Waals surface area (Å²) < 4.78 is 26.2. The highest BCUT2D eigenvalue weighted by atomic mass is 35.5. The lowest BCUT2D eigenvalue weighted by molar-refractivity contribution is -0.140. The first-order chi connectivity index (χ1) is 16.4. The van der Waals surface area contributed by atoms with Gasteiger partial charge in [0.15, 0.2) is 0 Å². The summed E-state index contributed by atoms with van der Waals surface area (Å²) in [5, 5.41) is 3.44. The van der Waals surface area contributed by atoms with E-state index in [1.807, 2.05) is 39.0 Å². The standard InChI is InChI=1S/C26H36ClN3O4S/c1-19(2)17-28-26(32)21(4)29(18-22-11-8-12-23(27)16-22)25(31)14-9-15-30(35(5,33)34)24-13-7-6-10-20(24)3/h6-8,10-13,16,19,21H,9,14-15,17-18H2,1-5H3,(H,28,32)/t21-/m0/s1. The molecule has 1 N–H and O–H groups in total. The molecule has 0 fully saturated rings. The van der Waals surface area contributed by atoms with Gasteiger partial charge in [-0.05, 0) is 55.5 Å². The summed E-state index contributed by atoms with van der Waals surface area (Å²) in [5.74, 6) is -0.172. The molecule has 0 saturated carbocycles. The van der Waals surface area contributed by atoms with E-state index in [2.05, 4.69) is 5.32 Å². The average molecular weight is 522 g/mol. The normalized spacial score (nSPS) is 12.3. The molecule has 9 heteroatoms. The van der Waals surface area contributed by atoms with Crippen molar-refractivity contribution in [2.24, 2.45) is 5.92 Å². The number of hydrogen-bond acceptors (Lipinski definition) is 4. The fraction of sp³-hybridized carbons (Fsp3) is 0.462. The molecular formula is C26H36ClN3O4S. The first kappa shape index (κ1) is 28.7. The van der Waals surface area contributed by atoms with Gasteiger partial charge in [0.1, 0.15) is 6.04 Å². The molecule has 0 aromatic heterocycles. The minimum Gasteiger partial charge on any atom is -0.354 e. The zero-order valence-corrected chi connectivity index (χ0v) is 22.7. The summed E-state index contributed by atoms with van der Waals surface area (Å²) in [4.78, 5) is 27.6. The van der Waals surface area contributed by atoms with E-state index in [-0.39, 0.29) is 37.2 Å². The Morgan fingerprint density at radius 2 is 1.74 bits per heavy atom. The molecule has 0 aliphatic rings. The highest BCUT2D eigenvalue weighted by molar-refractivity contribution is 7.92. The minimum atomic E-state index is -3.53. The van der Waals surface area contributed by atoms with Crippen molar-refractivity contribution in [2.75, 3.05) is 23.7 Å². The molecule has 35 heavy (non-hydrogen) atoms. The van der Waals surface area contributed by atoms with Crippen LogP contribution in [0.25, 0.3) is 0 Å². The lowest BCUT2D eigenvalue weighted by Crippen LogP contribution is -2.48. The molecule has 0 aliphatic carbocycles. The lowest BCUT2D eigenvalue weighted by atomic mass is 10.1. The number of para-hydroxylation sites is 1. The van der Waals surface area contributed by atoms with Crippen molar-refractivity contribution < 1.29 is 18.0 Å². The van der Waals surface area contributed by atoms with Gasteiger partial charge in [-0.15, -0.1) is 0 Å². The van der Waals surface area contributed by atoms with Crippen molar-refractivity contribution in [3.8, 4) is 0 Å². The minimum absolute atomic E-state index is 0.0975. The predicted molar refractivity (Wildman–Crippen MR) is 142 cm³/mol. The van der Waals surface area contributed by atoms with Crippen LogP contribution in [0.3, 0.4) is 0 Å². The topological polar surface area (TPSA) is 86.8 Å². The fourth-order valence-corrected chi connectivity index (χ4v) is 4.93. The molecule has 2 amide bonds. The number of anilines is 1. The number of amides is 2. The lowest BCUT2D eigenvalue weighted by Gasteiger charge is -2.30. The molecule has 192 valence electrons. The zero-order chi connectivity index (χ0) is 26.2. The summed E-state index contributed by atoms with van der Waals surface area (Å²) in [6, 6.07) is 13.7. The van der Waals surface area contributed by atoms with Crippen molar-refractivity contribution in [3.63, 3.8) is 0 Å². The van der Waals surface area contributed by atoms with Crippen LogP contribution in [-0.2, 0) is 26.2 Å². The Kier molecular flexibility index (Phi) is 10.6. The number of hydrogen-bond donors (Lipinski definition) is 1. The van der Waals surface area contributed by atoms with Gasteiger partial charge in [-0.25, -0.2) is 8.42 Å². The van der Waals surface area contributed by atoms with Crippen LogP contribution >= 0.6 is 11.6 Å². The number of nitrogens with one attached hydrogen (secondary N) is 1. The van der Waals surface area contributed by atoms with Crippen molar-refractivity contribution in [1.29, 1.82) is 0 Å². The largest absolute Gasteiger partial charge is 0.354 e. The van der Waals surface area contributed by atoms with E-state index in [1.165, 1.54) is 9.21 Å². The quantitative estimate of drug-likeness (QED) is 0.449. The van der Waals surface area contributed by atoms with E-state index in [1.54, 1.807) is 37.3 Å². The number of aryl methyl sites for hydroxylation is 1. The second-order valence-corrected chi connectivity index (χ2v) is 11.5. The number of benzene rings is 2. The molecule has 7 nitrogen and oxygen atoms in total. The van der Waals surface area contributed by atoms with Crippen LogP contribution in [0.1, 0.15) is 44.7 Å². The van der Waals surface area contributed by atoms with Gasteiger partial charge in [0.2, 0.25) is 21.8 Å². The third-order valence-corrected chi connectivity index (χ3v) is 7.05. The van der Waals surface area contributed by atoms with Gasteiger partial charge >= 0.3 is 0 Å². The highest BCUT2D eigenvalue weighted by Gasteiger charge is 2.27. The molecule has 0 spiro atoms. The van der Waals surface area contributed by atoms with Crippen molar-refractivity contribution in [1.82, 2.24) is 10.2 Å². The highest BCUT2D eigenvalue weighted by Crippen LogP contribution is 2.23. The summed E-state index contributed by atoms with van der Waals surface area (Å²) in [5.41, 5.74) is 2.24. The summed E-state index contributed by atoms with van der Waals surface area (Å²) in [6.07, 6.45) is 1.57. The molecule has 0 heterocycles. The maximum atomic E-state index is 13.3. The number of rotatable bonds is 12. The predicted octanol–water partition coefficient (Wildman–Crippen LogP) is 4.38. The van der Waals surface area contributed by atoms with Crippen LogP contribution in [0.15, 0.2) is 48.5 Å². The van der Waals surface area contributed by atoms with Crippen LogP contribution in [0, 0.1) is 12.8 Å². The molecule has 0 aliphatic heterocycles. The Balaban J connectivity index is 2.17. The Hall–Kier alpha value is -2.58. The van der Waals surface area contributed by atoms with Gasteiger partial charge in [-0.1, -0.05) is 55.8 Å². The van der Waals surface area contributed by atoms with E-state index in [0.29, 0.717) is 23.7 Å². The summed E-state index contributed by atoms with van der Waals surface area (Å²) >= 11 is 6.12. The van der Waals surface area contributed by atoms with Crippen molar-refractivity contribution in [2.45, 2.75) is 53.1 Å². The van der Waals surface area contributed by atoms with E-state index in [9.17, 15) is 18.0 Å². The Morgan fingerprint density at radius 1 is 1.06 bits per heavy atom. The van der Waals surface area contributed by atoms with Gasteiger partial charge < -0.3 is 10.2 Å². The van der Waals surface area contributed by atoms with E-state index in [0.717, 1.165) is 17.4 Å². The molecule has 1 atom stereocenters. The van der Waals surface area contributed by atoms with Gasteiger partial charge in [0.05, 0.1) is 11.9 Å². The van der Waals surface area contributed by atoms with Crippen LogP contribution in [-0.4, -0.2) is 50.5 Å². The molecular weight excluding hydrogens is 486 g/mol. The van der Waals surface area contributed by atoms with E-state index < -0.39 is 16.1 Å². The van der Waals surface area contributed by atoms with Crippen LogP contribution in [0.5, 0.6) is 0 Å². The second kappa shape index (κ2) is 12.9. The summed E-state index contributed by atoms with van der Waals surface area (Å²) in [7, 11) is -3.53. The maximum absolute atomic E-state index is 13.3. The maximum Gasteiger partial charge on any atom is 0.242 e. The molecule has 0 radical (unpaired) electrons. The number of halogens is 1. The number of sulfonamides is 1. The van der Waals surface area contributed by atoms with Crippen molar-refractivity contribution in [3.05, 3.63) is 64.7 Å². The van der Waals surface area contributed by atoms with Gasteiger partial charge in [0.25, 0.3) is 0 Å². The Labute approximate surface area is 214 Å². The van der Waals surface area contributed by atoms with Crippen LogP contribution in [0.2, 0.25) is 5.02 Å². The molecule has 0 saturated heterocycles. The van der Waals surface area contributed by atoms with Crippen LogP contribution in [0.4, 0.5) is 5.69 Å². The Bertz CT molecular complexity index is 1120. The molecule has 2 aromatic rings. The number of carbonyl (C=O) groups excluding carboxylic acids is 2. The third-order valence-electron chi connectivity index (χ3n) is 5.63. The number of nitrogens with zero attached hydrogens (tertiary/aromatic N) is 2. The number of carbonyl (C=O) groups is 2.